The number of anilines is 1. The van der Waals surface area contributed by atoms with Crippen LogP contribution in [0.5, 0.6) is 0 Å². The molecule has 1 rings (SSSR count). The smallest absolute Gasteiger partial charge is 0.224 e. The molecule has 0 heterocycles. The molecular weight excluding hydrogens is 383 g/mol. The van der Waals surface area contributed by atoms with Gasteiger partial charge in [0.2, 0.25) is 5.91 Å². The van der Waals surface area contributed by atoms with E-state index < -0.39 is 0 Å². The number of carbonyl (C=O) groups is 1. The average Bonchev–Trinajstić information content (AvgIpc) is 2.30. The zero-order valence-corrected chi connectivity index (χ0v) is 13.9. The van der Waals surface area contributed by atoms with Crippen LogP contribution in [-0.2, 0) is 4.79 Å². The summed E-state index contributed by atoms with van der Waals surface area (Å²) in [5.41, 5.74) is 6.21. The summed E-state index contributed by atoms with van der Waals surface area (Å²) in [4.78, 5) is 11.8. The molecule has 1 aromatic carbocycles. The standard InChI is InChI=1S/C12H15Br2ClN2O/c1-7(6-16)2-3-11(18)17-12-9(13)4-8(15)5-10(12)14/h4-5,7H,2-3,6,16H2,1H3,(H,17,18). The highest BCUT2D eigenvalue weighted by atomic mass is 79.9. The van der Waals surface area contributed by atoms with Crippen molar-refractivity contribution < 1.29 is 4.79 Å². The Bertz CT molecular complexity index is 417. The lowest BCUT2D eigenvalue weighted by molar-refractivity contribution is -0.116. The number of halogens is 3. The number of benzene rings is 1. The third-order valence-corrected chi connectivity index (χ3v) is 4.01. The molecule has 0 aliphatic rings. The maximum atomic E-state index is 11.8. The Labute approximate surface area is 129 Å². The predicted octanol–water partition coefficient (Wildman–Crippen LogP) is 4.18. The molecule has 0 saturated heterocycles. The van der Waals surface area contributed by atoms with Crippen molar-refractivity contribution in [2.45, 2.75) is 19.8 Å². The first kappa shape index (κ1) is 16.0. The van der Waals surface area contributed by atoms with Gasteiger partial charge in [0, 0.05) is 20.4 Å². The number of rotatable bonds is 5. The Morgan fingerprint density at radius 3 is 2.50 bits per heavy atom. The van der Waals surface area contributed by atoms with Crippen LogP contribution in [0.3, 0.4) is 0 Å². The minimum Gasteiger partial charge on any atom is -0.330 e. The molecule has 0 aliphatic carbocycles. The summed E-state index contributed by atoms with van der Waals surface area (Å²) in [5, 5.41) is 3.45. The molecular formula is C12H15Br2ClN2O. The summed E-state index contributed by atoms with van der Waals surface area (Å²) < 4.78 is 1.50. The van der Waals surface area contributed by atoms with Gasteiger partial charge in [0.1, 0.15) is 0 Å². The van der Waals surface area contributed by atoms with Crippen molar-refractivity contribution in [3.63, 3.8) is 0 Å². The number of hydrogen-bond acceptors (Lipinski definition) is 2. The van der Waals surface area contributed by atoms with Crippen molar-refractivity contribution in [3.8, 4) is 0 Å². The molecule has 1 unspecified atom stereocenters. The van der Waals surface area contributed by atoms with E-state index in [1.165, 1.54) is 0 Å². The van der Waals surface area contributed by atoms with Gasteiger partial charge in [0.25, 0.3) is 0 Å². The van der Waals surface area contributed by atoms with E-state index in [1.54, 1.807) is 12.1 Å². The van der Waals surface area contributed by atoms with Crippen LogP contribution in [0.25, 0.3) is 0 Å². The molecule has 18 heavy (non-hydrogen) atoms. The van der Waals surface area contributed by atoms with Crippen molar-refractivity contribution in [1.29, 1.82) is 0 Å². The van der Waals surface area contributed by atoms with Gasteiger partial charge in [0.05, 0.1) is 5.69 Å². The SMILES string of the molecule is CC(CN)CCC(=O)Nc1c(Br)cc(Cl)cc1Br. The highest BCUT2D eigenvalue weighted by Crippen LogP contribution is 2.34. The summed E-state index contributed by atoms with van der Waals surface area (Å²) in [5.74, 6) is 0.326. The second-order valence-electron chi connectivity index (χ2n) is 4.17. The van der Waals surface area contributed by atoms with Crippen LogP contribution in [0.2, 0.25) is 5.02 Å². The molecule has 1 atom stereocenters. The van der Waals surface area contributed by atoms with Gasteiger partial charge in [-0.3, -0.25) is 4.79 Å². The second-order valence-corrected chi connectivity index (χ2v) is 6.32. The highest BCUT2D eigenvalue weighted by Gasteiger charge is 2.11. The second kappa shape index (κ2) is 7.48. The molecule has 1 aromatic rings. The summed E-state index contributed by atoms with van der Waals surface area (Å²) >= 11 is 12.6. The Morgan fingerprint density at radius 2 is 2.00 bits per heavy atom. The van der Waals surface area contributed by atoms with E-state index in [4.69, 9.17) is 17.3 Å². The van der Waals surface area contributed by atoms with Crippen LogP contribution in [0.4, 0.5) is 5.69 Å². The minimum absolute atomic E-state index is 0.0287. The first-order valence-corrected chi connectivity index (χ1v) is 7.55. The monoisotopic (exact) mass is 396 g/mol. The van der Waals surface area contributed by atoms with Crippen LogP contribution in [0.1, 0.15) is 19.8 Å². The van der Waals surface area contributed by atoms with Gasteiger partial charge in [-0.05, 0) is 62.9 Å². The van der Waals surface area contributed by atoms with Crippen molar-refractivity contribution >= 4 is 55.1 Å². The normalized spacial score (nSPS) is 12.3. The fourth-order valence-corrected chi connectivity index (χ4v) is 3.23. The van der Waals surface area contributed by atoms with Crippen LogP contribution >= 0.6 is 43.5 Å². The highest BCUT2D eigenvalue weighted by molar-refractivity contribution is 9.11. The maximum Gasteiger partial charge on any atom is 0.224 e. The van der Waals surface area contributed by atoms with E-state index in [0.717, 1.165) is 15.4 Å². The number of carbonyl (C=O) groups excluding carboxylic acids is 1. The molecule has 6 heteroatoms. The van der Waals surface area contributed by atoms with Crippen molar-refractivity contribution in [2.24, 2.45) is 11.7 Å². The van der Waals surface area contributed by atoms with E-state index in [1.807, 2.05) is 6.92 Å². The van der Waals surface area contributed by atoms with Crippen LogP contribution in [0.15, 0.2) is 21.1 Å². The van der Waals surface area contributed by atoms with Gasteiger partial charge in [-0.2, -0.15) is 0 Å². The largest absolute Gasteiger partial charge is 0.330 e. The maximum absolute atomic E-state index is 11.8. The van der Waals surface area contributed by atoms with Crippen LogP contribution in [0, 0.1) is 5.92 Å². The fraction of sp³-hybridized carbons (Fsp3) is 0.417. The van der Waals surface area contributed by atoms with Crippen molar-refractivity contribution in [1.82, 2.24) is 0 Å². The lowest BCUT2D eigenvalue weighted by Gasteiger charge is -2.11. The van der Waals surface area contributed by atoms with Gasteiger partial charge < -0.3 is 11.1 Å². The molecule has 0 radical (unpaired) electrons. The number of hydrogen-bond donors (Lipinski definition) is 2. The van der Waals surface area contributed by atoms with E-state index in [-0.39, 0.29) is 5.91 Å². The lowest BCUT2D eigenvalue weighted by Crippen LogP contribution is -2.16. The first-order chi connectivity index (χ1) is 8.43. The first-order valence-electron chi connectivity index (χ1n) is 5.58. The predicted molar refractivity (Wildman–Crippen MR) is 82.9 cm³/mol. The minimum atomic E-state index is -0.0287. The quantitative estimate of drug-likeness (QED) is 0.782. The molecule has 0 aliphatic heterocycles. The van der Waals surface area contributed by atoms with E-state index in [2.05, 4.69) is 37.2 Å². The van der Waals surface area contributed by atoms with E-state index in [0.29, 0.717) is 29.6 Å². The number of amides is 1. The lowest BCUT2D eigenvalue weighted by atomic mass is 10.1. The van der Waals surface area contributed by atoms with Gasteiger partial charge >= 0.3 is 0 Å². The molecule has 0 spiro atoms. The summed E-state index contributed by atoms with van der Waals surface area (Å²) in [7, 11) is 0. The Kier molecular flexibility index (Phi) is 6.63. The van der Waals surface area contributed by atoms with Gasteiger partial charge in [0.15, 0.2) is 0 Å². The zero-order valence-electron chi connectivity index (χ0n) is 9.97. The van der Waals surface area contributed by atoms with Crippen molar-refractivity contribution in [3.05, 3.63) is 26.1 Å². The Hall–Kier alpha value is -0.100. The molecule has 3 nitrogen and oxygen atoms in total. The molecule has 3 N–H and O–H groups in total. The molecule has 1 amide bonds. The average molecular weight is 399 g/mol. The van der Waals surface area contributed by atoms with Crippen molar-refractivity contribution in [2.75, 3.05) is 11.9 Å². The molecule has 0 saturated carbocycles. The van der Waals surface area contributed by atoms with Gasteiger partial charge in [-0.25, -0.2) is 0 Å². The van der Waals surface area contributed by atoms with Crippen LogP contribution < -0.4 is 11.1 Å². The zero-order chi connectivity index (χ0) is 13.7. The molecule has 0 bridgehead atoms. The third-order valence-electron chi connectivity index (χ3n) is 2.54. The number of nitrogens with two attached hydrogens (primary N) is 1. The Balaban J connectivity index is 2.65. The molecule has 0 fully saturated rings. The molecule has 100 valence electrons. The van der Waals surface area contributed by atoms with E-state index in [9.17, 15) is 4.79 Å². The molecule has 0 aromatic heterocycles. The van der Waals surface area contributed by atoms with Gasteiger partial charge in [-0.1, -0.05) is 18.5 Å². The Morgan fingerprint density at radius 1 is 1.44 bits per heavy atom. The summed E-state index contributed by atoms with van der Waals surface area (Å²) in [6.07, 6.45) is 1.24. The third kappa shape index (κ3) is 4.88. The van der Waals surface area contributed by atoms with Crippen LogP contribution in [-0.4, -0.2) is 12.5 Å². The number of nitrogens with one attached hydrogen (secondary N) is 1. The van der Waals surface area contributed by atoms with Gasteiger partial charge in [-0.15, -0.1) is 0 Å². The topological polar surface area (TPSA) is 55.1 Å². The fourth-order valence-electron chi connectivity index (χ4n) is 1.36. The van der Waals surface area contributed by atoms with E-state index >= 15 is 0 Å². The summed E-state index contributed by atoms with van der Waals surface area (Å²) in [6.45, 7) is 2.63. The summed E-state index contributed by atoms with van der Waals surface area (Å²) in [6, 6.07) is 3.48.